The highest BCUT2D eigenvalue weighted by Crippen LogP contribution is 2.29. The summed E-state index contributed by atoms with van der Waals surface area (Å²) in [6.45, 7) is 8.77. The van der Waals surface area contributed by atoms with Gasteiger partial charge in [0.05, 0.1) is 0 Å². The molecule has 0 spiro atoms. The summed E-state index contributed by atoms with van der Waals surface area (Å²) in [5.41, 5.74) is 2.83. The van der Waals surface area contributed by atoms with E-state index < -0.39 is 0 Å². The quantitative estimate of drug-likeness (QED) is 0.427. The van der Waals surface area contributed by atoms with Crippen LogP contribution in [0.15, 0.2) is 42.5 Å². The molecule has 0 aliphatic heterocycles. The molecule has 0 N–H and O–H groups in total. The van der Waals surface area contributed by atoms with Gasteiger partial charge in [0.25, 0.3) is 0 Å². The predicted molar refractivity (Wildman–Crippen MR) is 72.8 cm³/mol. The van der Waals surface area contributed by atoms with Crippen LogP contribution in [0.4, 0.5) is 0 Å². The average molecular weight is 216 g/mol. The molecular weight excluding hydrogens is 192 g/mol. The molecule has 1 aromatic carbocycles. The lowest BCUT2D eigenvalue weighted by molar-refractivity contribution is 0.656. The third-order valence-electron chi connectivity index (χ3n) is 3.20. The molecule has 0 saturated carbocycles. The van der Waals surface area contributed by atoms with E-state index in [0.29, 0.717) is 5.92 Å². The molecule has 1 unspecified atom stereocenters. The fourth-order valence-electron chi connectivity index (χ4n) is 2.22. The molecule has 0 aromatic heterocycles. The van der Waals surface area contributed by atoms with E-state index in [1.807, 2.05) is 0 Å². The van der Waals surface area contributed by atoms with Crippen LogP contribution in [0.25, 0.3) is 0 Å². The number of hydrogen-bond acceptors (Lipinski definition) is 0. The summed E-state index contributed by atoms with van der Waals surface area (Å²) in [6.07, 6.45) is 6.24. The molecule has 0 fully saturated rings. The Labute approximate surface area is 100 Å². The molecule has 1 aromatic rings. The highest BCUT2D eigenvalue weighted by molar-refractivity contribution is 5.27. The van der Waals surface area contributed by atoms with Gasteiger partial charge in [0.2, 0.25) is 0 Å². The Bertz CT molecular complexity index is 297. The molecule has 0 nitrogen and oxygen atoms in total. The minimum atomic E-state index is 0.554. The number of rotatable bonds is 7. The van der Waals surface area contributed by atoms with Gasteiger partial charge in [-0.15, -0.1) is 0 Å². The Morgan fingerprint density at radius 2 is 1.81 bits per heavy atom. The van der Waals surface area contributed by atoms with Crippen molar-refractivity contribution < 1.29 is 0 Å². The predicted octanol–water partition coefficient (Wildman–Crippen LogP) is 5.32. The maximum atomic E-state index is 4.27. The van der Waals surface area contributed by atoms with Gasteiger partial charge in [-0.3, -0.25) is 0 Å². The molecule has 0 amide bonds. The van der Waals surface area contributed by atoms with Gasteiger partial charge in [-0.1, -0.05) is 69.2 Å². The average Bonchev–Trinajstić information content (AvgIpc) is 2.32. The van der Waals surface area contributed by atoms with E-state index in [2.05, 4.69) is 50.8 Å². The summed E-state index contributed by atoms with van der Waals surface area (Å²) < 4.78 is 0. The molecule has 16 heavy (non-hydrogen) atoms. The van der Waals surface area contributed by atoms with Crippen molar-refractivity contribution in [3.63, 3.8) is 0 Å². The van der Waals surface area contributed by atoms with Crippen molar-refractivity contribution in [2.24, 2.45) is 0 Å². The topological polar surface area (TPSA) is 0 Å². The Kier molecular flexibility index (Phi) is 5.92. The zero-order chi connectivity index (χ0) is 11.8. The fraction of sp³-hybridized carbons (Fsp3) is 0.500. The molecule has 1 atom stereocenters. The molecule has 88 valence electrons. The van der Waals surface area contributed by atoms with Crippen LogP contribution in [0.2, 0.25) is 0 Å². The Balaban J connectivity index is 2.57. The highest BCUT2D eigenvalue weighted by Gasteiger charge is 2.11. The zero-order valence-electron chi connectivity index (χ0n) is 10.7. The minimum absolute atomic E-state index is 0.554. The Morgan fingerprint density at radius 3 is 2.38 bits per heavy atom. The molecule has 0 aliphatic rings. The van der Waals surface area contributed by atoms with E-state index in [0.717, 1.165) is 6.42 Å². The minimum Gasteiger partial charge on any atom is -0.0992 e. The lowest BCUT2D eigenvalue weighted by atomic mass is 9.87. The molecule has 1 rings (SSSR count). The van der Waals surface area contributed by atoms with Gasteiger partial charge in [0.1, 0.15) is 0 Å². The third kappa shape index (κ3) is 3.84. The molecular formula is C16H24. The van der Waals surface area contributed by atoms with Crippen molar-refractivity contribution in [1.82, 2.24) is 0 Å². The van der Waals surface area contributed by atoms with E-state index >= 15 is 0 Å². The lowest BCUT2D eigenvalue weighted by Crippen LogP contribution is -2.00. The molecule has 0 saturated heterocycles. The largest absolute Gasteiger partial charge is 0.0992 e. The monoisotopic (exact) mass is 216 g/mol. The van der Waals surface area contributed by atoms with Gasteiger partial charge < -0.3 is 0 Å². The van der Waals surface area contributed by atoms with Gasteiger partial charge in [0.15, 0.2) is 0 Å². The number of allylic oxidation sites excluding steroid dienone is 1. The van der Waals surface area contributed by atoms with Crippen LogP contribution in [0.1, 0.15) is 57.4 Å². The van der Waals surface area contributed by atoms with Crippen LogP contribution in [-0.4, -0.2) is 0 Å². The van der Waals surface area contributed by atoms with Crippen molar-refractivity contribution in [2.45, 2.75) is 51.9 Å². The number of hydrogen-bond donors (Lipinski definition) is 0. The lowest BCUT2D eigenvalue weighted by Gasteiger charge is -2.18. The van der Waals surface area contributed by atoms with E-state index in [9.17, 15) is 0 Å². The van der Waals surface area contributed by atoms with E-state index in [1.165, 1.54) is 36.8 Å². The Hall–Kier alpha value is -1.04. The molecule has 0 radical (unpaired) electrons. The number of benzene rings is 1. The zero-order valence-corrected chi connectivity index (χ0v) is 10.7. The fourth-order valence-corrected chi connectivity index (χ4v) is 2.22. The smallest absolute Gasteiger partial charge is 0.00428 e. The molecule has 0 heterocycles. The first-order valence-electron chi connectivity index (χ1n) is 6.52. The second-order valence-corrected chi connectivity index (χ2v) is 4.49. The van der Waals surface area contributed by atoms with E-state index in [-0.39, 0.29) is 0 Å². The van der Waals surface area contributed by atoms with Crippen molar-refractivity contribution in [2.75, 3.05) is 0 Å². The molecule has 0 heteroatoms. The number of unbranched alkanes of at least 4 members (excludes halogenated alkanes) is 2. The van der Waals surface area contributed by atoms with Gasteiger partial charge >= 0.3 is 0 Å². The van der Waals surface area contributed by atoms with Crippen molar-refractivity contribution in [3.8, 4) is 0 Å². The van der Waals surface area contributed by atoms with Crippen molar-refractivity contribution in [1.29, 1.82) is 0 Å². The summed E-state index contributed by atoms with van der Waals surface area (Å²) in [5, 5.41) is 0. The summed E-state index contributed by atoms with van der Waals surface area (Å²) in [7, 11) is 0. The van der Waals surface area contributed by atoms with Crippen LogP contribution < -0.4 is 0 Å². The van der Waals surface area contributed by atoms with Gasteiger partial charge in [-0.2, -0.15) is 0 Å². The van der Waals surface area contributed by atoms with Gasteiger partial charge in [-0.25, -0.2) is 0 Å². The third-order valence-corrected chi connectivity index (χ3v) is 3.20. The maximum absolute atomic E-state index is 4.27. The van der Waals surface area contributed by atoms with Crippen LogP contribution in [0.5, 0.6) is 0 Å². The summed E-state index contributed by atoms with van der Waals surface area (Å²) in [5.74, 6) is 0.554. The van der Waals surface area contributed by atoms with Crippen LogP contribution in [0, 0.1) is 0 Å². The normalized spacial score (nSPS) is 12.4. The SMILES string of the molecule is C=C(CCCCC)C(CC)c1ccccc1. The van der Waals surface area contributed by atoms with Crippen molar-refractivity contribution in [3.05, 3.63) is 48.0 Å². The highest BCUT2D eigenvalue weighted by atomic mass is 14.2. The summed E-state index contributed by atoms with van der Waals surface area (Å²) >= 11 is 0. The van der Waals surface area contributed by atoms with Gasteiger partial charge in [0, 0.05) is 5.92 Å². The molecule has 0 bridgehead atoms. The maximum Gasteiger partial charge on any atom is 0.00428 e. The van der Waals surface area contributed by atoms with E-state index in [1.54, 1.807) is 0 Å². The molecule has 0 aliphatic carbocycles. The first kappa shape index (κ1) is 13.0. The first-order chi connectivity index (χ1) is 7.79. The Morgan fingerprint density at radius 1 is 1.12 bits per heavy atom. The standard InChI is InChI=1S/C16H24/c1-4-6-8-11-14(3)16(5-2)15-12-9-7-10-13-15/h7,9-10,12-13,16H,3-6,8,11H2,1-2H3. The second kappa shape index (κ2) is 7.27. The van der Waals surface area contributed by atoms with Crippen LogP contribution in [0.3, 0.4) is 0 Å². The second-order valence-electron chi connectivity index (χ2n) is 4.49. The van der Waals surface area contributed by atoms with E-state index in [4.69, 9.17) is 0 Å². The van der Waals surface area contributed by atoms with Gasteiger partial charge in [-0.05, 0) is 24.8 Å². The van der Waals surface area contributed by atoms with Crippen LogP contribution in [-0.2, 0) is 0 Å². The first-order valence-corrected chi connectivity index (χ1v) is 6.52. The van der Waals surface area contributed by atoms with Crippen molar-refractivity contribution >= 4 is 0 Å². The summed E-state index contributed by atoms with van der Waals surface area (Å²) in [4.78, 5) is 0. The van der Waals surface area contributed by atoms with Crippen LogP contribution >= 0.6 is 0 Å². The summed E-state index contributed by atoms with van der Waals surface area (Å²) in [6, 6.07) is 10.8.